The molecule has 0 atom stereocenters. The van der Waals surface area contributed by atoms with Crippen LogP contribution in [0.15, 0.2) is 54.6 Å². The Bertz CT molecular complexity index is 1270. The van der Waals surface area contributed by atoms with Crippen molar-refractivity contribution in [1.29, 1.82) is 0 Å². The van der Waals surface area contributed by atoms with Gasteiger partial charge in [-0.3, -0.25) is 4.79 Å². The Morgan fingerprint density at radius 3 is 2.56 bits per heavy atom. The number of amides is 1. The number of nitrogens with one attached hydrogen (secondary N) is 1. The summed E-state index contributed by atoms with van der Waals surface area (Å²) in [4.78, 5) is 16.9. The van der Waals surface area contributed by atoms with Crippen molar-refractivity contribution >= 4 is 38.8 Å². The lowest BCUT2D eigenvalue weighted by Crippen LogP contribution is -2.36. The van der Waals surface area contributed by atoms with E-state index in [1.165, 1.54) is 11.3 Å². The standard InChI is InChI=1S/C25H26N4O2S/c1-16-14-18(8-9-22(16)28-12-10-20(30)11-13-28)26-24(31)23-15-21-17(2)27-29(25(21)32-23)19-6-4-3-5-7-19/h3-9,14-15,20,30H,10-13H2,1-2H3,(H,26,31). The number of hydrogen-bond donors (Lipinski definition) is 2. The minimum atomic E-state index is -0.191. The van der Waals surface area contributed by atoms with E-state index in [1.807, 2.05) is 60.1 Å². The Labute approximate surface area is 191 Å². The summed E-state index contributed by atoms with van der Waals surface area (Å²) in [7, 11) is 0. The van der Waals surface area contributed by atoms with Crippen molar-refractivity contribution < 1.29 is 9.90 Å². The van der Waals surface area contributed by atoms with Crippen LogP contribution in [-0.4, -0.2) is 40.0 Å². The molecule has 2 aromatic heterocycles. The van der Waals surface area contributed by atoms with Crippen LogP contribution >= 0.6 is 11.3 Å². The van der Waals surface area contributed by atoms with E-state index >= 15 is 0 Å². The number of carbonyl (C=O) groups is 1. The van der Waals surface area contributed by atoms with E-state index in [1.54, 1.807) is 0 Å². The first-order valence-electron chi connectivity index (χ1n) is 10.9. The number of aromatic nitrogens is 2. The summed E-state index contributed by atoms with van der Waals surface area (Å²) in [5.74, 6) is -0.113. The van der Waals surface area contributed by atoms with E-state index in [0.717, 1.165) is 64.5 Å². The lowest BCUT2D eigenvalue weighted by molar-refractivity contribution is 0.103. The molecular formula is C25H26N4O2S. The highest BCUT2D eigenvalue weighted by molar-refractivity contribution is 7.20. The number of para-hydroxylation sites is 1. The van der Waals surface area contributed by atoms with E-state index in [0.29, 0.717) is 4.88 Å². The highest BCUT2D eigenvalue weighted by Gasteiger charge is 2.20. The molecule has 1 fully saturated rings. The molecule has 6 nitrogen and oxygen atoms in total. The number of anilines is 2. The normalized spacial score (nSPS) is 14.8. The number of nitrogens with zero attached hydrogens (tertiary/aromatic N) is 3. The van der Waals surface area contributed by atoms with Crippen LogP contribution in [0.1, 0.15) is 33.8 Å². The van der Waals surface area contributed by atoms with Gasteiger partial charge < -0.3 is 15.3 Å². The van der Waals surface area contributed by atoms with Crippen LogP contribution in [0.5, 0.6) is 0 Å². The number of hydrogen-bond acceptors (Lipinski definition) is 5. The average molecular weight is 447 g/mol. The fraction of sp³-hybridized carbons (Fsp3) is 0.280. The maximum Gasteiger partial charge on any atom is 0.265 e. The van der Waals surface area contributed by atoms with Gasteiger partial charge >= 0.3 is 0 Å². The third kappa shape index (κ3) is 3.89. The molecule has 1 aliphatic heterocycles. The molecule has 0 bridgehead atoms. The van der Waals surface area contributed by atoms with Crippen molar-refractivity contribution in [2.75, 3.05) is 23.3 Å². The zero-order valence-corrected chi connectivity index (χ0v) is 19.0. The van der Waals surface area contributed by atoms with Gasteiger partial charge in [-0.25, -0.2) is 4.68 Å². The van der Waals surface area contributed by atoms with Crippen LogP contribution in [0.3, 0.4) is 0 Å². The third-order valence-electron chi connectivity index (χ3n) is 6.03. The number of aliphatic hydroxyl groups excluding tert-OH is 1. The molecule has 1 saturated heterocycles. The zero-order chi connectivity index (χ0) is 22.2. The fourth-order valence-corrected chi connectivity index (χ4v) is 5.37. The Hall–Kier alpha value is -3.16. The molecule has 2 N–H and O–H groups in total. The molecule has 0 spiro atoms. The van der Waals surface area contributed by atoms with E-state index in [-0.39, 0.29) is 12.0 Å². The summed E-state index contributed by atoms with van der Waals surface area (Å²) in [5, 5.41) is 18.5. The number of piperidine rings is 1. The zero-order valence-electron chi connectivity index (χ0n) is 18.2. The van der Waals surface area contributed by atoms with Gasteiger partial charge in [0.05, 0.1) is 22.4 Å². The lowest BCUT2D eigenvalue weighted by Gasteiger charge is -2.32. The smallest absolute Gasteiger partial charge is 0.265 e. The van der Waals surface area contributed by atoms with Gasteiger partial charge in [0.2, 0.25) is 0 Å². The van der Waals surface area contributed by atoms with Crippen LogP contribution in [0, 0.1) is 13.8 Å². The van der Waals surface area contributed by atoms with Crippen molar-refractivity contribution in [2.24, 2.45) is 0 Å². The quantitative estimate of drug-likeness (QED) is 0.467. The summed E-state index contributed by atoms with van der Waals surface area (Å²) < 4.78 is 1.90. The molecule has 164 valence electrons. The number of aryl methyl sites for hydroxylation is 2. The van der Waals surface area contributed by atoms with E-state index in [4.69, 9.17) is 0 Å². The highest BCUT2D eigenvalue weighted by atomic mass is 32.1. The van der Waals surface area contributed by atoms with Crippen molar-refractivity contribution in [3.05, 3.63) is 70.7 Å². The van der Waals surface area contributed by atoms with Crippen molar-refractivity contribution in [2.45, 2.75) is 32.8 Å². The molecule has 5 rings (SSSR count). The van der Waals surface area contributed by atoms with Gasteiger partial charge in [-0.1, -0.05) is 18.2 Å². The number of aliphatic hydroxyl groups is 1. The summed E-state index contributed by atoms with van der Waals surface area (Å²) >= 11 is 1.45. The highest BCUT2D eigenvalue weighted by Crippen LogP contribution is 2.31. The maximum absolute atomic E-state index is 13.0. The van der Waals surface area contributed by atoms with Gasteiger partial charge in [-0.2, -0.15) is 5.10 Å². The van der Waals surface area contributed by atoms with Crippen LogP contribution in [0.2, 0.25) is 0 Å². The van der Waals surface area contributed by atoms with Crippen LogP contribution in [-0.2, 0) is 0 Å². The van der Waals surface area contributed by atoms with Crippen LogP contribution in [0.25, 0.3) is 15.9 Å². The molecule has 4 aromatic rings. The van der Waals surface area contributed by atoms with Crippen molar-refractivity contribution in [1.82, 2.24) is 9.78 Å². The molecule has 1 amide bonds. The second kappa shape index (κ2) is 8.41. The van der Waals surface area contributed by atoms with Gasteiger partial charge in [0.15, 0.2) is 0 Å². The Kier molecular flexibility index (Phi) is 5.45. The van der Waals surface area contributed by atoms with Gasteiger partial charge in [0.25, 0.3) is 5.91 Å². The first kappa shape index (κ1) is 20.7. The molecule has 0 unspecified atom stereocenters. The predicted molar refractivity (Wildman–Crippen MR) is 130 cm³/mol. The van der Waals surface area contributed by atoms with Crippen molar-refractivity contribution in [3.8, 4) is 5.69 Å². The van der Waals surface area contributed by atoms with Gasteiger partial charge in [-0.05, 0) is 68.7 Å². The average Bonchev–Trinajstić information content (AvgIpc) is 3.36. The minimum Gasteiger partial charge on any atom is -0.393 e. The summed E-state index contributed by atoms with van der Waals surface area (Å²) in [6.07, 6.45) is 1.40. The number of rotatable bonds is 4. The molecule has 1 aliphatic rings. The van der Waals surface area contributed by atoms with Crippen LogP contribution in [0.4, 0.5) is 11.4 Å². The van der Waals surface area contributed by atoms with E-state index < -0.39 is 0 Å². The first-order valence-corrected chi connectivity index (χ1v) is 11.7. The molecule has 7 heteroatoms. The first-order chi connectivity index (χ1) is 15.5. The van der Waals surface area contributed by atoms with Gasteiger partial charge in [0.1, 0.15) is 4.83 Å². The van der Waals surface area contributed by atoms with Gasteiger partial charge in [0, 0.05) is 29.9 Å². The molecule has 3 heterocycles. The predicted octanol–water partition coefficient (Wildman–Crippen LogP) is 4.92. The van der Waals surface area contributed by atoms with Crippen LogP contribution < -0.4 is 10.2 Å². The fourth-order valence-electron chi connectivity index (χ4n) is 4.29. The second-order valence-corrected chi connectivity index (χ2v) is 9.37. The second-order valence-electron chi connectivity index (χ2n) is 8.34. The van der Waals surface area contributed by atoms with E-state index in [2.05, 4.69) is 28.3 Å². The Morgan fingerprint density at radius 2 is 1.84 bits per heavy atom. The Balaban J connectivity index is 1.36. The molecule has 0 radical (unpaired) electrons. The largest absolute Gasteiger partial charge is 0.393 e. The third-order valence-corrected chi connectivity index (χ3v) is 7.14. The molecule has 2 aromatic carbocycles. The molecule has 32 heavy (non-hydrogen) atoms. The van der Waals surface area contributed by atoms with E-state index in [9.17, 15) is 9.90 Å². The lowest BCUT2D eigenvalue weighted by atomic mass is 10.1. The number of carbonyl (C=O) groups excluding carboxylic acids is 1. The monoisotopic (exact) mass is 446 g/mol. The number of fused-ring (bicyclic) bond motifs is 1. The molecule has 0 aliphatic carbocycles. The summed E-state index contributed by atoms with van der Waals surface area (Å²) in [6.45, 7) is 5.74. The molecule has 0 saturated carbocycles. The topological polar surface area (TPSA) is 70.4 Å². The number of thiophene rings is 1. The summed E-state index contributed by atoms with van der Waals surface area (Å²) in [5.41, 5.74) is 4.95. The number of benzene rings is 2. The SMILES string of the molecule is Cc1cc(NC(=O)c2cc3c(C)nn(-c4ccccc4)c3s2)ccc1N1CCC(O)CC1. The maximum atomic E-state index is 13.0. The summed E-state index contributed by atoms with van der Waals surface area (Å²) in [6, 6.07) is 17.9. The Morgan fingerprint density at radius 1 is 1.09 bits per heavy atom. The minimum absolute atomic E-state index is 0.113. The van der Waals surface area contributed by atoms with Gasteiger partial charge in [-0.15, -0.1) is 11.3 Å². The van der Waals surface area contributed by atoms with Crippen molar-refractivity contribution in [3.63, 3.8) is 0 Å². The molecular weight excluding hydrogens is 420 g/mol.